The highest BCUT2D eigenvalue weighted by molar-refractivity contribution is 9.10. The first-order chi connectivity index (χ1) is 14.6. The summed E-state index contributed by atoms with van der Waals surface area (Å²) in [6, 6.07) is 25.2. The molecule has 30 heavy (non-hydrogen) atoms. The first-order valence-electron chi connectivity index (χ1n) is 9.63. The largest absolute Gasteiger partial charge is 0.294 e. The smallest absolute Gasteiger partial charge is 0.258 e. The van der Waals surface area contributed by atoms with Crippen LogP contribution in [0.15, 0.2) is 89.4 Å². The van der Waals surface area contributed by atoms with E-state index in [1.165, 1.54) is 10.0 Å². The van der Waals surface area contributed by atoms with Gasteiger partial charge in [-0.25, -0.2) is 10.0 Å². The molecule has 0 atom stereocenters. The number of amides is 2. The Bertz CT molecular complexity index is 1030. The van der Waals surface area contributed by atoms with E-state index in [1.54, 1.807) is 42.5 Å². The number of halogens is 1. The van der Waals surface area contributed by atoms with E-state index in [2.05, 4.69) is 15.9 Å². The van der Waals surface area contributed by atoms with Crippen molar-refractivity contribution in [3.63, 3.8) is 0 Å². The van der Waals surface area contributed by atoms with Gasteiger partial charge in [0.1, 0.15) is 5.92 Å². The lowest BCUT2D eigenvalue weighted by Crippen LogP contribution is -2.41. The maximum atomic E-state index is 13.2. The minimum Gasteiger partial charge on any atom is -0.294 e. The summed E-state index contributed by atoms with van der Waals surface area (Å²) in [7, 11) is 0. The van der Waals surface area contributed by atoms with Gasteiger partial charge in [0.25, 0.3) is 11.8 Å². The van der Waals surface area contributed by atoms with Crippen LogP contribution in [0.3, 0.4) is 0 Å². The Morgan fingerprint density at radius 3 is 1.80 bits per heavy atom. The third kappa shape index (κ3) is 3.91. The van der Waals surface area contributed by atoms with Gasteiger partial charge in [0, 0.05) is 16.5 Å². The van der Waals surface area contributed by atoms with E-state index >= 15 is 0 Å². The fraction of sp³-hybridized carbons (Fsp3) is 0.125. The summed E-state index contributed by atoms with van der Waals surface area (Å²) in [5.74, 6) is -1.64. The van der Waals surface area contributed by atoms with Gasteiger partial charge in [-0.1, -0.05) is 64.5 Å². The molecule has 1 heterocycles. The fourth-order valence-corrected chi connectivity index (χ4v) is 3.95. The van der Waals surface area contributed by atoms with Crippen LogP contribution in [0, 0.1) is 5.92 Å². The van der Waals surface area contributed by atoms with Crippen molar-refractivity contribution in [2.24, 2.45) is 5.92 Å². The minimum atomic E-state index is -0.901. The first-order valence-corrected chi connectivity index (χ1v) is 10.4. The highest BCUT2D eigenvalue weighted by Gasteiger charge is 2.46. The molecule has 0 N–H and O–H groups in total. The molecule has 150 valence electrons. The number of hydrogen-bond donors (Lipinski definition) is 0. The number of benzene rings is 3. The van der Waals surface area contributed by atoms with E-state index in [0.717, 1.165) is 4.47 Å². The number of nitrogens with zero attached hydrogens (tertiary/aromatic N) is 2. The first kappa shape index (κ1) is 20.0. The molecule has 5 nitrogen and oxygen atoms in total. The second-order valence-corrected chi connectivity index (χ2v) is 7.91. The van der Waals surface area contributed by atoms with Gasteiger partial charge >= 0.3 is 0 Å². The maximum absolute atomic E-state index is 13.2. The van der Waals surface area contributed by atoms with Gasteiger partial charge in [-0.3, -0.25) is 14.4 Å². The number of carbonyl (C=O) groups excluding carboxylic acids is 3. The predicted molar refractivity (Wildman–Crippen MR) is 119 cm³/mol. The number of para-hydroxylation sites is 2. The maximum Gasteiger partial charge on any atom is 0.258 e. The van der Waals surface area contributed by atoms with Crippen molar-refractivity contribution in [1.82, 2.24) is 0 Å². The molecule has 0 aliphatic carbocycles. The predicted octanol–water partition coefficient (Wildman–Crippen LogP) is 5.02. The molecule has 0 radical (unpaired) electrons. The quantitative estimate of drug-likeness (QED) is 0.381. The molecule has 3 aromatic rings. The van der Waals surface area contributed by atoms with E-state index in [-0.39, 0.29) is 30.4 Å². The minimum absolute atomic E-state index is 0.0960. The SMILES string of the molecule is O=C(CCC1C(=O)N(c2ccccc2)N(c2ccccc2)C1=O)c1cccc(Br)c1. The normalized spacial score (nSPS) is 14.4. The van der Waals surface area contributed by atoms with Crippen LogP contribution >= 0.6 is 15.9 Å². The Balaban J connectivity index is 1.60. The molecule has 0 saturated carbocycles. The Morgan fingerprint density at radius 1 is 0.767 bits per heavy atom. The summed E-state index contributed by atoms with van der Waals surface area (Å²) < 4.78 is 0.812. The van der Waals surface area contributed by atoms with Crippen LogP contribution in [0.4, 0.5) is 11.4 Å². The summed E-state index contributed by atoms with van der Waals surface area (Å²) in [6.45, 7) is 0. The van der Waals surface area contributed by atoms with Crippen molar-refractivity contribution in [3.8, 4) is 0 Å². The summed E-state index contributed by atoms with van der Waals surface area (Å²) >= 11 is 3.36. The lowest BCUT2D eigenvalue weighted by Gasteiger charge is -2.27. The molecule has 2 amide bonds. The van der Waals surface area contributed by atoms with Crippen molar-refractivity contribution >= 4 is 44.9 Å². The number of ketones is 1. The molecule has 6 heteroatoms. The van der Waals surface area contributed by atoms with Gasteiger partial charge in [-0.2, -0.15) is 0 Å². The van der Waals surface area contributed by atoms with Crippen LogP contribution < -0.4 is 10.0 Å². The van der Waals surface area contributed by atoms with Gasteiger partial charge in [0.05, 0.1) is 11.4 Å². The lowest BCUT2D eigenvalue weighted by atomic mass is 9.98. The number of hydrogen-bond acceptors (Lipinski definition) is 3. The Labute approximate surface area is 183 Å². The Kier molecular flexibility index (Phi) is 5.77. The summed E-state index contributed by atoms with van der Waals surface area (Å²) in [4.78, 5) is 39.1. The molecular formula is C24H19BrN2O3. The zero-order valence-electron chi connectivity index (χ0n) is 16.1. The molecule has 0 aromatic heterocycles. The van der Waals surface area contributed by atoms with E-state index in [0.29, 0.717) is 16.9 Å². The number of carbonyl (C=O) groups is 3. The van der Waals surface area contributed by atoms with Crippen LogP contribution in [-0.2, 0) is 9.59 Å². The second-order valence-electron chi connectivity index (χ2n) is 7.00. The van der Waals surface area contributed by atoms with Crippen LogP contribution in [0.25, 0.3) is 0 Å². The lowest BCUT2D eigenvalue weighted by molar-refractivity contribution is -0.127. The number of hydrazine groups is 1. The van der Waals surface area contributed by atoms with Gasteiger partial charge < -0.3 is 0 Å². The highest BCUT2D eigenvalue weighted by atomic mass is 79.9. The molecule has 1 aliphatic heterocycles. The molecule has 1 fully saturated rings. The number of Topliss-reactive ketones (excluding diaryl/α,β-unsaturated/α-hetero) is 1. The van der Waals surface area contributed by atoms with E-state index in [9.17, 15) is 14.4 Å². The molecule has 0 bridgehead atoms. The standard InChI is InChI=1S/C24H19BrN2O3/c25-18-9-7-8-17(16-18)22(28)15-14-21-23(29)26(19-10-3-1-4-11-19)27(24(21)30)20-12-5-2-6-13-20/h1-13,16,21H,14-15H2. The van der Waals surface area contributed by atoms with E-state index in [1.807, 2.05) is 42.5 Å². The molecule has 0 unspecified atom stereocenters. The monoisotopic (exact) mass is 462 g/mol. The third-order valence-electron chi connectivity index (χ3n) is 5.02. The van der Waals surface area contributed by atoms with E-state index in [4.69, 9.17) is 0 Å². The topological polar surface area (TPSA) is 57.7 Å². The van der Waals surface area contributed by atoms with Gasteiger partial charge in [0.2, 0.25) is 0 Å². The van der Waals surface area contributed by atoms with Crippen molar-refractivity contribution in [1.29, 1.82) is 0 Å². The summed E-state index contributed by atoms with van der Waals surface area (Å²) in [5, 5.41) is 2.82. The van der Waals surface area contributed by atoms with Crippen molar-refractivity contribution in [2.45, 2.75) is 12.8 Å². The number of rotatable bonds is 6. The molecule has 1 aliphatic rings. The Hall–Kier alpha value is -3.25. The van der Waals surface area contributed by atoms with Crippen LogP contribution in [0.1, 0.15) is 23.2 Å². The van der Waals surface area contributed by atoms with Crippen molar-refractivity contribution < 1.29 is 14.4 Å². The number of anilines is 2. The molecule has 1 saturated heterocycles. The van der Waals surface area contributed by atoms with Gasteiger partial charge in [-0.15, -0.1) is 0 Å². The fourth-order valence-electron chi connectivity index (χ4n) is 3.55. The summed E-state index contributed by atoms with van der Waals surface area (Å²) in [5.41, 5.74) is 1.78. The third-order valence-corrected chi connectivity index (χ3v) is 5.52. The molecule has 0 spiro atoms. The molecule has 4 rings (SSSR count). The highest BCUT2D eigenvalue weighted by Crippen LogP contribution is 2.33. The molecule has 3 aromatic carbocycles. The Morgan fingerprint density at radius 2 is 1.30 bits per heavy atom. The average Bonchev–Trinajstić information content (AvgIpc) is 3.03. The zero-order chi connectivity index (χ0) is 21.1. The molecular weight excluding hydrogens is 444 g/mol. The zero-order valence-corrected chi connectivity index (χ0v) is 17.7. The summed E-state index contributed by atoms with van der Waals surface area (Å²) in [6.07, 6.45) is 0.277. The average molecular weight is 463 g/mol. The van der Waals surface area contributed by atoms with Crippen LogP contribution in [0.5, 0.6) is 0 Å². The second kappa shape index (κ2) is 8.63. The van der Waals surface area contributed by atoms with Crippen molar-refractivity contribution in [2.75, 3.05) is 10.0 Å². The van der Waals surface area contributed by atoms with Gasteiger partial charge in [-0.05, 0) is 42.8 Å². The van der Waals surface area contributed by atoms with E-state index < -0.39 is 5.92 Å². The van der Waals surface area contributed by atoms with Gasteiger partial charge in [0.15, 0.2) is 5.78 Å². The van der Waals surface area contributed by atoms with Crippen LogP contribution in [0.2, 0.25) is 0 Å². The van der Waals surface area contributed by atoms with Crippen LogP contribution in [-0.4, -0.2) is 17.6 Å². The van der Waals surface area contributed by atoms with Crippen molar-refractivity contribution in [3.05, 3.63) is 95.0 Å².